The normalized spacial score (nSPS) is 24.1. The van der Waals surface area contributed by atoms with E-state index in [1.807, 2.05) is 36.4 Å². The molecule has 1 fully saturated rings. The molecule has 1 aliphatic carbocycles. The fraction of sp³-hybridized carbons (Fsp3) is 0.280. The largest absolute Gasteiger partial charge is 0.452 e. The van der Waals surface area contributed by atoms with Crippen LogP contribution in [0, 0.1) is 0 Å². The predicted molar refractivity (Wildman–Crippen MR) is 121 cm³/mol. The minimum absolute atomic E-state index is 0.00523. The molecule has 3 aromatic rings. The van der Waals surface area contributed by atoms with Gasteiger partial charge < -0.3 is 19.4 Å². The number of amides is 1. The lowest BCUT2D eigenvalue weighted by Gasteiger charge is -2.18. The first-order chi connectivity index (χ1) is 16.1. The van der Waals surface area contributed by atoms with Gasteiger partial charge in [-0.05, 0) is 17.7 Å². The zero-order valence-corrected chi connectivity index (χ0v) is 17.6. The van der Waals surface area contributed by atoms with E-state index in [4.69, 9.17) is 14.1 Å². The summed E-state index contributed by atoms with van der Waals surface area (Å²) >= 11 is 0. The summed E-state index contributed by atoms with van der Waals surface area (Å²) in [6, 6.07) is 10.9. The molecule has 3 aliphatic rings. The molecule has 2 aromatic carbocycles. The van der Waals surface area contributed by atoms with Crippen LogP contribution < -0.4 is 10.1 Å². The number of para-hydroxylation sites is 1. The summed E-state index contributed by atoms with van der Waals surface area (Å²) in [7, 11) is 0. The monoisotopic (exact) mass is 449 g/mol. The number of fused-ring (bicyclic) bond motifs is 4. The lowest BCUT2D eigenvalue weighted by Crippen LogP contribution is -2.39. The number of carbonyl (C=O) groups is 1. The summed E-state index contributed by atoms with van der Waals surface area (Å²) in [5.74, 6) is 0.745. The number of halogens is 2. The van der Waals surface area contributed by atoms with E-state index in [-0.39, 0.29) is 35.2 Å². The van der Waals surface area contributed by atoms with Crippen LogP contribution in [0.1, 0.15) is 17.9 Å². The second-order valence-electron chi connectivity index (χ2n) is 8.52. The molecular formula is C25H21F2N3O3. The van der Waals surface area contributed by atoms with E-state index in [0.717, 1.165) is 22.2 Å². The van der Waals surface area contributed by atoms with Gasteiger partial charge in [0.15, 0.2) is 11.3 Å². The Labute approximate surface area is 188 Å². The van der Waals surface area contributed by atoms with Crippen LogP contribution >= 0.6 is 0 Å². The van der Waals surface area contributed by atoms with Gasteiger partial charge in [-0.2, -0.15) is 8.78 Å². The number of allylic oxidation sites excluding steroid dienone is 2. The molecular weight excluding hydrogens is 428 g/mol. The molecule has 3 unspecified atom stereocenters. The highest BCUT2D eigenvalue weighted by atomic mass is 19.3. The summed E-state index contributed by atoms with van der Waals surface area (Å²) in [4.78, 5) is 19.4. The predicted octanol–water partition coefficient (Wildman–Crippen LogP) is 4.37. The Hall–Kier alpha value is -3.68. The third-order valence-electron chi connectivity index (χ3n) is 6.48. The molecule has 1 N–H and O–H groups in total. The Morgan fingerprint density at radius 3 is 2.88 bits per heavy atom. The average Bonchev–Trinajstić information content (AvgIpc) is 3.49. The fourth-order valence-corrected chi connectivity index (χ4v) is 5.02. The highest BCUT2D eigenvalue weighted by Crippen LogP contribution is 2.42. The standard InChI is InChI=1S/C25H21F2N3O3/c26-25(27)33-20-10-9-15(23-16-5-1-4-8-19(16)32-24(20)23)14-11-22(31)30(12-14)13-21-28-17-6-2-3-7-18(17)29-21/h1-10,14,17-18,25H,11-13H2,(H,28,29). The number of amidine groups is 1. The third-order valence-corrected chi connectivity index (χ3v) is 6.48. The van der Waals surface area contributed by atoms with Gasteiger partial charge in [0.2, 0.25) is 5.91 Å². The summed E-state index contributed by atoms with van der Waals surface area (Å²) in [5, 5.41) is 4.93. The number of nitrogens with zero attached hydrogens (tertiary/aromatic N) is 2. The molecule has 0 saturated carbocycles. The number of furan rings is 1. The van der Waals surface area contributed by atoms with Crippen molar-refractivity contribution < 1.29 is 22.7 Å². The van der Waals surface area contributed by atoms with Gasteiger partial charge in [0, 0.05) is 29.7 Å². The molecule has 2 aliphatic heterocycles. The van der Waals surface area contributed by atoms with E-state index in [9.17, 15) is 13.6 Å². The molecule has 1 amide bonds. The third kappa shape index (κ3) is 3.46. The molecule has 168 valence electrons. The van der Waals surface area contributed by atoms with E-state index in [2.05, 4.69) is 11.4 Å². The van der Waals surface area contributed by atoms with E-state index < -0.39 is 6.61 Å². The SMILES string of the molecule is O=C1CC(c2ccc(OC(F)F)c3oc4ccccc4c23)CN1CC1=NC2C=CC=CC2N1. The molecule has 0 bridgehead atoms. The van der Waals surface area contributed by atoms with Crippen molar-refractivity contribution in [1.82, 2.24) is 10.2 Å². The van der Waals surface area contributed by atoms with Crippen molar-refractivity contribution in [2.45, 2.75) is 31.0 Å². The highest BCUT2D eigenvalue weighted by molar-refractivity contribution is 6.09. The number of hydrogen-bond acceptors (Lipinski definition) is 5. The van der Waals surface area contributed by atoms with Gasteiger partial charge in [-0.15, -0.1) is 0 Å². The molecule has 1 saturated heterocycles. The van der Waals surface area contributed by atoms with Crippen molar-refractivity contribution in [3.63, 3.8) is 0 Å². The average molecular weight is 449 g/mol. The minimum atomic E-state index is -2.95. The summed E-state index contributed by atoms with van der Waals surface area (Å²) < 4.78 is 36.6. The molecule has 0 spiro atoms. The second-order valence-corrected chi connectivity index (χ2v) is 8.52. The number of rotatable bonds is 5. The van der Waals surface area contributed by atoms with Gasteiger partial charge in [-0.1, -0.05) is 48.6 Å². The Kier molecular flexibility index (Phi) is 4.67. The van der Waals surface area contributed by atoms with E-state index in [1.165, 1.54) is 6.07 Å². The first kappa shape index (κ1) is 20.0. The Morgan fingerprint density at radius 1 is 1.18 bits per heavy atom. The maximum Gasteiger partial charge on any atom is 0.387 e. The van der Waals surface area contributed by atoms with Gasteiger partial charge >= 0.3 is 6.61 Å². The van der Waals surface area contributed by atoms with Crippen LogP contribution in [0.5, 0.6) is 5.75 Å². The van der Waals surface area contributed by atoms with Crippen molar-refractivity contribution >= 4 is 33.7 Å². The fourth-order valence-electron chi connectivity index (χ4n) is 5.02. The van der Waals surface area contributed by atoms with Gasteiger partial charge in [0.05, 0.1) is 18.6 Å². The van der Waals surface area contributed by atoms with E-state index >= 15 is 0 Å². The van der Waals surface area contributed by atoms with Crippen molar-refractivity contribution in [1.29, 1.82) is 0 Å². The first-order valence-corrected chi connectivity index (χ1v) is 10.9. The Morgan fingerprint density at radius 2 is 2.03 bits per heavy atom. The van der Waals surface area contributed by atoms with Gasteiger partial charge in [-0.25, -0.2) is 0 Å². The topological polar surface area (TPSA) is 67.1 Å². The number of ether oxygens (including phenoxy) is 1. The maximum atomic E-state index is 13.0. The van der Waals surface area contributed by atoms with Crippen molar-refractivity contribution in [2.75, 3.05) is 13.1 Å². The smallest absolute Gasteiger partial charge is 0.387 e. The van der Waals surface area contributed by atoms with Gasteiger partial charge in [-0.3, -0.25) is 9.79 Å². The summed E-state index contributed by atoms with van der Waals surface area (Å²) in [6.07, 6.45) is 8.42. The second kappa shape index (κ2) is 7.72. The number of hydrogen-bond donors (Lipinski definition) is 1. The molecule has 8 heteroatoms. The van der Waals surface area contributed by atoms with Crippen LogP contribution in [0.3, 0.4) is 0 Å². The van der Waals surface area contributed by atoms with E-state index in [0.29, 0.717) is 25.1 Å². The lowest BCUT2D eigenvalue weighted by atomic mass is 9.93. The van der Waals surface area contributed by atoms with Crippen molar-refractivity contribution in [3.05, 3.63) is 66.3 Å². The Bertz CT molecular complexity index is 1340. The van der Waals surface area contributed by atoms with Crippen LogP contribution in [0.15, 0.2) is 70.1 Å². The zero-order chi connectivity index (χ0) is 22.5. The van der Waals surface area contributed by atoms with Crippen LogP contribution in [0.25, 0.3) is 21.9 Å². The quantitative estimate of drug-likeness (QED) is 0.628. The molecule has 0 radical (unpaired) electrons. The summed E-state index contributed by atoms with van der Waals surface area (Å²) in [6.45, 7) is -2.01. The summed E-state index contributed by atoms with van der Waals surface area (Å²) in [5.41, 5.74) is 1.77. The lowest BCUT2D eigenvalue weighted by molar-refractivity contribution is -0.127. The first-order valence-electron chi connectivity index (χ1n) is 10.9. The number of alkyl halides is 2. The zero-order valence-electron chi connectivity index (χ0n) is 17.6. The molecule has 33 heavy (non-hydrogen) atoms. The molecule has 6 rings (SSSR count). The van der Waals surface area contributed by atoms with Crippen molar-refractivity contribution in [2.24, 2.45) is 4.99 Å². The van der Waals surface area contributed by atoms with Crippen molar-refractivity contribution in [3.8, 4) is 5.75 Å². The van der Waals surface area contributed by atoms with Crippen LogP contribution in [0.4, 0.5) is 8.78 Å². The minimum Gasteiger partial charge on any atom is -0.452 e. The number of carbonyl (C=O) groups excluding carboxylic acids is 1. The van der Waals surface area contributed by atoms with Gasteiger partial charge in [0.25, 0.3) is 0 Å². The van der Waals surface area contributed by atoms with Crippen LogP contribution in [-0.4, -0.2) is 48.4 Å². The maximum absolute atomic E-state index is 13.0. The number of nitrogens with one attached hydrogen (secondary N) is 1. The molecule has 3 atom stereocenters. The van der Waals surface area contributed by atoms with Crippen LogP contribution in [0.2, 0.25) is 0 Å². The molecule has 3 heterocycles. The molecule has 1 aromatic heterocycles. The Balaban J connectivity index is 1.32. The van der Waals surface area contributed by atoms with E-state index in [1.54, 1.807) is 17.0 Å². The highest BCUT2D eigenvalue weighted by Gasteiger charge is 2.35. The van der Waals surface area contributed by atoms with Crippen LogP contribution in [-0.2, 0) is 4.79 Å². The molecule has 6 nitrogen and oxygen atoms in total. The number of aliphatic imine (C=N–C) groups is 1. The number of benzene rings is 2. The van der Waals surface area contributed by atoms with Gasteiger partial charge in [0.1, 0.15) is 11.4 Å². The number of likely N-dealkylation sites (tertiary alicyclic amines) is 1.